The van der Waals surface area contributed by atoms with Gasteiger partial charge in [-0.2, -0.15) is 0 Å². The lowest BCUT2D eigenvalue weighted by Gasteiger charge is -2.13. The van der Waals surface area contributed by atoms with Crippen molar-refractivity contribution >= 4 is 17.6 Å². The van der Waals surface area contributed by atoms with Crippen LogP contribution < -0.4 is 5.32 Å². The number of benzene rings is 1. The highest BCUT2D eigenvalue weighted by Gasteiger charge is 2.47. The van der Waals surface area contributed by atoms with Crippen LogP contribution in [0.3, 0.4) is 0 Å². The van der Waals surface area contributed by atoms with Gasteiger partial charge in [0.05, 0.1) is 0 Å². The SMILES string of the molecule is O=C(O)CCc1cccc(NC(=O)C2CC3CC3C2)c1. The fourth-order valence-electron chi connectivity index (χ4n) is 3.23. The van der Waals surface area contributed by atoms with Gasteiger partial charge >= 0.3 is 5.97 Å². The molecule has 2 aliphatic rings. The number of hydrogen-bond donors (Lipinski definition) is 2. The van der Waals surface area contributed by atoms with Gasteiger partial charge in [-0.1, -0.05) is 12.1 Å². The van der Waals surface area contributed by atoms with Crippen molar-refractivity contribution in [2.24, 2.45) is 17.8 Å². The molecule has 1 aromatic rings. The number of hydrogen-bond acceptors (Lipinski definition) is 2. The largest absolute Gasteiger partial charge is 0.481 e. The number of carbonyl (C=O) groups excluding carboxylic acids is 1. The Kier molecular flexibility index (Phi) is 3.47. The first-order chi connectivity index (χ1) is 9.61. The number of carboxylic acid groups (broad SMARTS) is 1. The van der Waals surface area contributed by atoms with Crippen LogP contribution in [0.4, 0.5) is 5.69 Å². The summed E-state index contributed by atoms with van der Waals surface area (Å²) in [5.41, 5.74) is 1.72. The molecular weight excluding hydrogens is 254 g/mol. The highest BCUT2D eigenvalue weighted by atomic mass is 16.4. The maximum atomic E-state index is 12.2. The Morgan fingerprint density at radius 3 is 2.65 bits per heavy atom. The van der Waals surface area contributed by atoms with E-state index in [9.17, 15) is 9.59 Å². The first kappa shape index (κ1) is 13.2. The van der Waals surface area contributed by atoms with Crippen LogP contribution in [0.1, 0.15) is 31.2 Å². The summed E-state index contributed by atoms with van der Waals surface area (Å²) in [5, 5.41) is 11.7. The minimum Gasteiger partial charge on any atom is -0.481 e. The summed E-state index contributed by atoms with van der Waals surface area (Å²) in [6.45, 7) is 0. The molecule has 0 aromatic heterocycles. The Bertz CT molecular complexity index is 530. The maximum absolute atomic E-state index is 12.2. The standard InChI is InChI=1S/C16H19NO3/c18-15(19)5-4-10-2-1-3-14(6-10)17-16(20)13-8-11-7-12(11)9-13/h1-3,6,11-13H,4-5,7-9H2,(H,17,20)(H,18,19). The first-order valence-electron chi connectivity index (χ1n) is 7.23. The predicted molar refractivity (Wildman–Crippen MR) is 75.3 cm³/mol. The summed E-state index contributed by atoms with van der Waals surface area (Å²) < 4.78 is 0. The van der Waals surface area contributed by atoms with Gasteiger partial charge in [0.15, 0.2) is 0 Å². The van der Waals surface area contributed by atoms with Crippen LogP contribution in [0.25, 0.3) is 0 Å². The third-order valence-electron chi connectivity index (χ3n) is 4.44. The second-order valence-electron chi connectivity index (χ2n) is 6.01. The molecule has 4 nitrogen and oxygen atoms in total. The lowest BCUT2D eigenvalue weighted by Crippen LogP contribution is -2.21. The van der Waals surface area contributed by atoms with E-state index in [2.05, 4.69) is 5.32 Å². The van der Waals surface area contributed by atoms with E-state index in [4.69, 9.17) is 5.11 Å². The van der Waals surface area contributed by atoms with Crippen LogP contribution in [0, 0.1) is 17.8 Å². The van der Waals surface area contributed by atoms with E-state index in [1.54, 1.807) is 0 Å². The molecule has 1 aromatic carbocycles. The monoisotopic (exact) mass is 273 g/mol. The van der Waals surface area contributed by atoms with E-state index < -0.39 is 5.97 Å². The maximum Gasteiger partial charge on any atom is 0.303 e. The smallest absolute Gasteiger partial charge is 0.303 e. The third-order valence-corrected chi connectivity index (χ3v) is 4.44. The van der Waals surface area contributed by atoms with Crippen LogP contribution in [-0.4, -0.2) is 17.0 Å². The molecule has 0 aliphatic heterocycles. The van der Waals surface area contributed by atoms with Gasteiger partial charge in [0, 0.05) is 18.0 Å². The third kappa shape index (κ3) is 3.00. The Morgan fingerprint density at radius 1 is 1.20 bits per heavy atom. The van der Waals surface area contributed by atoms with E-state index in [0.717, 1.165) is 35.9 Å². The molecule has 0 spiro atoms. The van der Waals surface area contributed by atoms with Gasteiger partial charge < -0.3 is 10.4 Å². The summed E-state index contributed by atoms with van der Waals surface area (Å²) in [6, 6.07) is 7.48. The first-order valence-corrected chi connectivity index (χ1v) is 7.23. The van der Waals surface area contributed by atoms with Gasteiger partial charge in [-0.3, -0.25) is 9.59 Å². The molecule has 2 atom stereocenters. The zero-order valence-corrected chi connectivity index (χ0v) is 11.3. The normalized spacial score (nSPS) is 26.9. The van der Waals surface area contributed by atoms with Gasteiger partial charge in [0.25, 0.3) is 0 Å². The molecular formula is C16H19NO3. The average molecular weight is 273 g/mol. The number of fused-ring (bicyclic) bond motifs is 1. The van der Waals surface area contributed by atoms with Crippen LogP contribution in [0.15, 0.2) is 24.3 Å². The average Bonchev–Trinajstić information content (AvgIpc) is 3.03. The quantitative estimate of drug-likeness (QED) is 0.866. The molecule has 3 rings (SSSR count). The molecule has 4 heteroatoms. The number of carboxylic acids is 1. The van der Waals surface area contributed by atoms with E-state index in [1.165, 1.54) is 6.42 Å². The summed E-state index contributed by atoms with van der Waals surface area (Å²) in [7, 11) is 0. The van der Waals surface area contributed by atoms with Crippen molar-refractivity contribution in [2.75, 3.05) is 5.32 Å². The van der Waals surface area contributed by atoms with Crippen LogP contribution >= 0.6 is 0 Å². The van der Waals surface area contributed by atoms with E-state index in [1.807, 2.05) is 24.3 Å². The van der Waals surface area contributed by atoms with Gasteiger partial charge in [-0.25, -0.2) is 0 Å². The molecule has 2 unspecified atom stereocenters. The molecule has 0 bridgehead atoms. The number of amides is 1. The molecule has 20 heavy (non-hydrogen) atoms. The lowest BCUT2D eigenvalue weighted by atomic mass is 10.0. The molecule has 2 aliphatic carbocycles. The summed E-state index contributed by atoms with van der Waals surface area (Å²) >= 11 is 0. The summed E-state index contributed by atoms with van der Waals surface area (Å²) in [6.07, 6.45) is 3.99. The van der Waals surface area contributed by atoms with Crippen molar-refractivity contribution in [1.82, 2.24) is 0 Å². The molecule has 2 N–H and O–H groups in total. The molecule has 106 valence electrons. The molecule has 0 radical (unpaired) electrons. The Morgan fingerprint density at radius 2 is 1.95 bits per heavy atom. The molecule has 2 saturated carbocycles. The predicted octanol–water partition coefficient (Wildman–Crippen LogP) is 2.69. The molecule has 0 saturated heterocycles. The minimum atomic E-state index is -0.801. The number of aryl methyl sites for hydroxylation is 1. The number of nitrogens with one attached hydrogen (secondary N) is 1. The van der Waals surface area contributed by atoms with Crippen LogP contribution in [-0.2, 0) is 16.0 Å². The van der Waals surface area contributed by atoms with Gasteiger partial charge in [-0.05, 0) is 55.2 Å². The van der Waals surface area contributed by atoms with E-state index in [0.29, 0.717) is 6.42 Å². The fourth-order valence-corrected chi connectivity index (χ4v) is 3.23. The minimum absolute atomic E-state index is 0.114. The molecule has 0 heterocycles. The van der Waals surface area contributed by atoms with Crippen molar-refractivity contribution in [3.63, 3.8) is 0 Å². The highest BCUT2D eigenvalue weighted by Crippen LogP contribution is 2.54. The number of aliphatic carboxylic acids is 1. The molecule has 1 amide bonds. The topological polar surface area (TPSA) is 66.4 Å². The van der Waals surface area contributed by atoms with E-state index in [-0.39, 0.29) is 18.2 Å². The van der Waals surface area contributed by atoms with Gasteiger partial charge in [0.1, 0.15) is 0 Å². The Labute approximate surface area is 118 Å². The van der Waals surface area contributed by atoms with Gasteiger partial charge in [-0.15, -0.1) is 0 Å². The molecule has 2 fully saturated rings. The van der Waals surface area contributed by atoms with Crippen molar-refractivity contribution in [3.8, 4) is 0 Å². The van der Waals surface area contributed by atoms with E-state index >= 15 is 0 Å². The van der Waals surface area contributed by atoms with Crippen molar-refractivity contribution in [2.45, 2.75) is 32.1 Å². The second kappa shape index (κ2) is 5.27. The van der Waals surface area contributed by atoms with Crippen molar-refractivity contribution in [1.29, 1.82) is 0 Å². The highest BCUT2D eigenvalue weighted by molar-refractivity contribution is 5.93. The zero-order valence-electron chi connectivity index (χ0n) is 11.3. The fraction of sp³-hybridized carbons (Fsp3) is 0.500. The van der Waals surface area contributed by atoms with Gasteiger partial charge in [0.2, 0.25) is 5.91 Å². The Hall–Kier alpha value is -1.84. The number of rotatable bonds is 5. The lowest BCUT2D eigenvalue weighted by molar-refractivity contribution is -0.137. The van der Waals surface area contributed by atoms with Crippen molar-refractivity contribution in [3.05, 3.63) is 29.8 Å². The number of anilines is 1. The zero-order chi connectivity index (χ0) is 14.1. The van der Waals surface area contributed by atoms with Crippen LogP contribution in [0.5, 0.6) is 0 Å². The van der Waals surface area contributed by atoms with Crippen molar-refractivity contribution < 1.29 is 14.7 Å². The van der Waals surface area contributed by atoms with Crippen LogP contribution in [0.2, 0.25) is 0 Å². The summed E-state index contributed by atoms with van der Waals surface area (Å²) in [4.78, 5) is 22.7. The Balaban J connectivity index is 1.57. The number of carbonyl (C=O) groups is 2. The second-order valence-corrected chi connectivity index (χ2v) is 6.01. The summed E-state index contributed by atoms with van der Waals surface area (Å²) in [5.74, 6) is 1.08.